The summed E-state index contributed by atoms with van der Waals surface area (Å²) in [5.41, 5.74) is -1.28. The SMILES string of the molecule is COCCC(C)(O)CNCC1CCCCN1C(=O)OC(C)(C)C. The maximum absolute atomic E-state index is 12.3. The lowest BCUT2D eigenvalue weighted by molar-refractivity contribution is 0.00672. The van der Waals surface area contributed by atoms with Crippen LogP contribution in [0.5, 0.6) is 0 Å². The first-order valence-electron chi connectivity index (χ1n) is 8.56. The highest BCUT2D eigenvalue weighted by molar-refractivity contribution is 5.68. The quantitative estimate of drug-likeness (QED) is 0.748. The Kier molecular flexibility index (Phi) is 7.77. The maximum atomic E-state index is 12.3. The number of aliphatic hydroxyl groups is 1. The summed E-state index contributed by atoms with van der Waals surface area (Å²) in [6.07, 6.45) is 3.44. The van der Waals surface area contributed by atoms with E-state index in [1.807, 2.05) is 25.7 Å². The molecule has 0 aliphatic carbocycles. The van der Waals surface area contributed by atoms with Crippen molar-refractivity contribution >= 4 is 6.09 Å². The van der Waals surface area contributed by atoms with E-state index in [4.69, 9.17) is 9.47 Å². The van der Waals surface area contributed by atoms with Crippen LogP contribution in [0.3, 0.4) is 0 Å². The molecular weight excluding hydrogens is 296 g/mol. The van der Waals surface area contributed by atoms with Crippen LogP contribution in [0.2, 0.25) is 0 Å². The number of amides is 1. The van der Waals surface area contributed by atoms with Crippen LogP contribution in [0, 0.1) is 0 Å². The monoisotopic (exact) mass is 330 g/mol. The molecule has 1 saturated heterocycles. The van der Waals surface area contributed by atoms with Gasteiger partial charge in [-0.15, -0.1) is 0 Å². The van der Waals surface area contributed by atoms with E-state index in [-0.39, 0.29) is 12.1 Å². The van der Waals surface area contributed by atoms with Gasteiger partial charge in [0.2, 0.25) is 0 Å². The molecule has 23 heavy (non-hydrogen) atoms. The van der Waals surface area contributed by atoms with Crippen molar-refractivity contribution < 1.29 is 19.4 Å². The van der Waals surface area contributed by atoms with E-state index in [1.54, 1.807) is 14.0 Å². The molecule has 0 aromatic heterocycles. The first-order valence-corrected chi connectivity index (χ1v) is 8.56. The van der Waals surface area contributed by atoms with Crippen LogP contribution in [0.15, 0.2) is 0 Å². The molecule has 1 heterocycles. The summed E-state index contributed by atoms with van der Waals surface area (Å²) in [4.78, 5) is 14.2. The molecule has 2 atom stereocenters. The van der Waals surface area contributed by atoms with Gasteiger partial charge in [-0.05, 0) is 47.0 Å². The molecule has 6 heteroatoms. The molecule has 1 aliphatic rings. The van der Waals surface area contributed by atoms with E-state index >= 15 is 0 Å². The van der Waals surface area contributed by atoms with E-state index in [0.717, 1.165) is 25.8 Å². The lowest BCUT2D eigenvalue weighted by Gasteiger charge is -2.37. The fourth-order valence-corrected chi connectivity index (χ4v) is 2.69. The molecule has 0 radical (unpaired) electrons. The van der Waals surface area contributed by atoms with Gasteiger partial charge in [-0.1, -0.05) is 0 Å². The van der Waals surface area contributed by atoms with Gasteiger partial charge in [0.1, 0.15) is 5.60 Å². The Morgan fingerprint density at radius 2 is 2.00 bits per heavy atom. The van der Waals surface area contributed by atoms with Crippen LogP contribution < -0.4 is 5.32 Å². The van der Waals surface area contributed by atoms with Gasteiger partial charge in [-0.25, -0.2) is 4.79 Å². The number of nitrogens with one attached hydrogen (secondary N) is 1. The Morgan fingerprint density at radius 3 is 2.61 bits per heavy atom. The number of rotatable bonds is 7. The largest absolute Gasteiger partial charge is 0.444 e. The number of likely N-dealkylation sites (tertiary alicyclic amines) is 1. The first-order chi connectivity index (χ1) is 10.6. The van der Waals surface area contributed by atoms with Crippen LogP contribution in [0.1, 0.15) is 53.4 Å². The predicted molar refractivity (Wildman–Crippen MR) is 90.6 cm³/mol. The van der Waals surface area contributed by atoms with E-state index < -0.39 is 11.2 Å². The third-order valence-electron chi connectivity index (χ3n) is 3.99. The Morgan fingerprint density at radius 1 is 1.30 bits per heavy atom. The predicted octanol–water partition coefficient (Wildman–Crippen LogP) is 2.15. The number of nitrogens with zero attached hydrogens (tertiary/aromatic N) is 1. The van der Waals surface area contributed by atoms with Crippen molar-refractivity contribution in [3.63, 3.8) is 0 Å². The average molecular weight is 330 g/mol. The van der Waals surface area contributed by atoms with Gasteiger partial charge >= 0.3 is 6.09 Å². The van der Waals surface area contributed by atoms with Gasteiger partial charge in [0.15, 0.2) is 0 Å². The molecule has 2 unspecified atom stereocenters. The molecule has 6 nitrogen and oxygen atoms in total. The number of carbonyl (C=O) groups excluding carboxylic acids is 1. The second-order valence-electron chi connectivity index (χ2n) is 7.69. The molecule has 0 spiro atoms. The Balaban J connectivity index is 2.47. The number of hydrogen-bond acceptors (Lipinski definition) is 5. The van der Waals surface area contributed by atoms with Gasteiger partial charge < -0.3 is 24.8 Å². The fraction of sp³-hybridized carbons (Fsp3) is 0.941. The highest BCUT2D eigenvalue weighted by atomic mass is 16.6. The second-order valence-corrected chi connectivity index (χ2v) is 7.69. The first kappa shape index (κ1) is 20.2. The van der Waals surface area contributed by atoms with Gasteiger partial charge in [0.05, 0.1) is 5.60 Å². The summed E-state index contributed by atoms with van der Waals surface area (Å²) in [5, 5.41) is 13.6. The molecule has 1 rings (SSSR count). The zero-order valence-electron chi connectivity index (χ0n) is 15.4. The van der Waals surface area contributed by atoms with E-state index in [2.05, 4.69) is 5.32 Å². The van der Waals surface area contributed by atoms with Crippen molar-refractivity contribution in [1.82, 2.24) is 10.2 Å². The van der Waals surface area contributed by atoms with Crippen molar-refractivity contribution in [2.24, 2.45) is 0 Å². The zero-order chi connectivity index (χ0) is 17.5. The number of piperidine rings is 1. The van der Waals surface area contributed by atoms with Gasteiger partial charge in [0.25, 0.3) is 0 Å². The molecule has 0 aromatic rings. The van der Waals surface area contributed by atoms with Crippen LogP contribution in [-0.2, 0) is 9.47 Å². The van der Waals surface area contributed by atoms with Gasteiger partial charge in [-0.2, -0.15) is 0 Å². The lowest BCUT2D eigenvalue weighted by atomic mass is 10.0. The maximum Gasteiger partial charge on any atom is 0.410 e. The molecule has 0 saturated carbocycles. The summed E-state index contributed by atoms with van der Waals surface area (Å²) < 4.78 is 10.5. The lowest BCUT2D eigenvalue weighted by Crippen LogP contribution is -2.51. The normalized spacial score (nSPS) is 21.8. The van der Waals surface area contributed by atoms with Crippen LogP contribution in [-0.4, -0.2) is 66.7 Å². The Bertz CT molecular complexity index is 366. The minimum atomic E-state index is -0.804. The molecule has 2 N–H and O–H groups in total. The Labute approximate surface area is 140 Å². The summed E-state index contributed by atoms with van der Waals surface area (Å²) in [5.74, 6) is 0. The van der Waals surface area contributed by atoms with Gasteiger partial charge in [0, 0.05) is 45.8 Å². The molecule has 1 fully saturated rings. The van der Waals surface area contributed by atoms with Crippen molar-refractivity contribution in [1.29, 1.82) is 0 Å². The topological polar surface area (TPSA) is 71.0 Å². The highest BCUT2D eigenvalue weighted by Crippen LogP contribution is 2.20. The highest BCUT2D eigenvalue weighted by Gasteiger charge is 2.30. The molecule has 0 aromatic carbocycles. The number of carbonyl (C=O) groups is 1. The standard InChI is InChI=1S/C17H34N2O4/c1-16(2,3)23-15(20)19-10-7-6-8-14(19)12-18-13-17(4,21)9-11-22-5/h14,18,21H,6-13H2,1-5H3. The molecule has 136 valence electrons. The zero-order valence-corrected chi connectivity index (χ0v) is 15.4. The smallest absolute Gasteiger partial charge is 0.410 e. The number of hydrogen-bond donors (Lipinski definition) is 2. The summed E-state index contributed by atoms with van der Waals surface area (Å²) >= 11 is 0. The molecule has 1 aliphatic heterocycles. The Hall–Kier alpha value is -0.850. The van der Waals surface area contributed by atoms with E-state index in [1.165, 1.54) is 0 Å². The van der Waals surface area contributed by atoms with Crippen LogP contribution >= 0.6 is 0 Å². The summed E-state index contributed by atoms with van der Waals surface area (Å²) in [6.45, 7) is 9.87. The van der Waals surface area contributed by atoms with Gasteiger partial charge in [-0.3, -0.25) is 0 Å². The van der Waals surface area contributed by atoms with Crippen molar-refractivity contribution in [3.05, 3.63) is 0 Å². The van der Waals surface area contributed by atoms with Crippen molar-refractivity contribution in [2.45, 2.75) is 70.6 Å². The summed E-state index contributed by atoms with van der Waals surface area (Å²) in [7, 11) is 1.63. The number of methoxy groups -OCH3 is 1. The van der Waals surface area contributed by atoms with Crippen molar-refractivity contribution in [3.8, 4) is 0 Å². The van der Waals surface area contributed by atoms with E-state index in [9.17, 15) is 9.90 Å². The third-order valence-corrected chi connectivity index (χ3v) is 3.99. The van der Waals surface area contributed by atoms with E-state index in [0.29, 0.717) is 26.1 Å². The number of ether oxygens (including phenoxy) is 2. The third kappa shape index (κ3) is 7.99. The minimum absolute atomic E-state index is 0.122. The molecule has 1 amide bonds. The van der Waals surface area contributed by atoms with Crippen LogP contribution in [0.4, 0.5) is 4.79 Å². The fourth-order valence-electron chi connectivity index (χ4n) is 2.69. The average Bonchev–Trinajstić information content (AvgIpc) is 2.43. The second kappa shape index (κ2) is 8.85. The summed E-state index contributed by atoms with van der Waals surface area (Å²) in [6, 6.07) is 0.122. The van der Waals surface area contributed by atoms with Crippen molar-refractivity contribution in [2.75, 3.05) is 33.4 Å². The minimum Gasteiger partial charge on any atom is -0.444 e. The molecular formula is C17H34N2O4. The molecule has 0 bridgehead atoms. The van der Waals surface area contributed by atoms with Crippen LogP contribution in [0.25, 0.3) is 0 Å².